The van der Waals surface area contributed by atoms with Crippen LogP contribution in [0.5, 0.6) is 0 Å². The largest absolute Gasteiger partial charge is 0.372 e. The third-order valence-electron chi connectivity index (χ3n) is 5.03. The van der Waals surface area contributed by atoms with E-state index in [0.717, 1.165) is 43.0 Å². The molecule has 1 fully saturated rings. The molecule has 0 radical (unpaired) electrons. The molecule has 3 heterocycles. The lowest BCUT2D eigenvalue weighted by molar-refractivity contribution is 0.134. The second kappa shape index (κ2) is 6.84. The number of benzene rings is 1. The number of ether oxygens (including phenoxy) is 1. The summed E-state index contributed by atoms with van der Waals surface area (Å²) in [6.07, 6.45) is 3.78. The molecular formula is C18H23N5O2. The van der Waals surface area contributed by atoms with E-state index in [0.29, 0.717) is 19.8 Å². The van der Waals surface area contributed by atoms with Gasteiger partial charge in [0.05, 0.1) is 13.2 Å². The smallest absolute Gasteiger partial charge is 0.321 e. The molecule has 1 aromatic heterocycles. The quantitative estimate of drug-likeness (QED) is 0.932. The predicted molar refractivity (Wildman–Crippen MR) is 93.2 cm³/mol. The number of hydrogen-bond donors (Lipinski definition) is 1. The van der Waals surface area contributed by atoms with Crippen LogP contribution < -0.4 is 5.32 Å². The van der Waals surface area contributed by atoms with Crippen molar-refractivity contribution in [2.24, 2.45) is 0 Å². The normalized spacial score (nSPS) is 19.7. The first-order valence-electron chi connectivity index (χ1n) is 8.87. The van der Waals surface area contributed by atoms with Crippen molar-refractivity contribution in [1.82, 2.24) is 19.7 Å². The summed E-state index contributed by atoms with van der Waals surface area (Å²) in [6, 6.07) is 5.93. The molecule has 0 bridgehead atoms. The van der Waals surface area contributed by atoms with Gasteiger partial charge in [0.25, 0.3) is 0 Å². The molecule has 7 nitrogen and oxygen atoms in total. The van der Waals surface area contributed by atoms with E-state index in [1.165, 1.54) is 5.56 Å². The number of nitrogens with zero attached hydrogens (tertiary/aromatic N) is 4. The van der Waals surface area contributed by atoms with E-state index in [1.54, 1.807) is 6.33 Å². The van der Waals surface area contributed by atoms with Crippen LogP contribution in [-0.2, 0) is 24.5 Å². The highest BCUT2D eigenvalue weighted by molar-refractivity contribution is 5.89. The number of likely N-dealkylation sites (tertiary alicyclic amines) is 1. The maximum atomic E-state index is 12.7. The van der Waals surface area contributed by atoms with Crippen LogP contribution in [0.15, 0.2) is 24.5 Å². The van der Waals surface area contributed by atoms with E-state index < -0.39 is 0 Å². The van der Waals surface area contributed by atoms with Crippen LogP contribution in [0.2, 0.25) is 0 Å². The second-order valence-corrected chi connectivity index (χ2v) is 6.67. The van der Waals surface area contributed by atoms with Crippen molar-refractivity contribution in [3.05, 3.63) is 41.5 Å². The van der Waals surface area contributed by atoms with Crippen LogP contribution >= 0.6 is 0 Å². The maximum Gasteiger partial charge on any atom is 0.321 e. The molecule has 25 heavy (non-hydrogen) atoms. The van der Waals surface area contributed by atoms with Crippen molar-refractivity contribution in [3.63, 3.8) is 0 Å². The molecule has 2 aromatic rings. The Hall–Kier alpha value is -2.41. The summed E-state index contributed by atoms with van der Waals surface area (Å²) in [4.78, 5) is 14.6. The van der Waals surface area contributed by atoms with Crippen molar-refractivity contribution in [2.75, 3.05) is 18.4 Å². The van der Waals surface area contributed by atoms with Gasteiger partial charge in [-0.25, -0.2) is 4.79 Å². The molecule has 1 aromatic carbocycles. The zero-order valence-electron chi connectivity index (χ0n) is 14.4. The van der Waals surface area contributed by atoms with Gasteiger partial charge in [-0.2, -0.15) is 0 Å². The third kappa shape index (κ3) is 3.24. The summed E-state index contributed by atoms with van der Waals surface area (Å²) in [7, 11) is 0. The fourth-order valence-corrected chi connectivity index (χ4v) is 3.65. The van der Waals surface area contributed by atoms with Gasteiger partial charge in [-0.1, -0.05) is 6.07 Å². The Bertz CT molecular complexity index is 773. The van der Waals surface area contributed by atoms with Crippen LogP contribution in [0.3, 0.4) is 0 Å². The number of hydrogen-bond acceptors (Lipinski definition) is 4. The lowest BCUT2D eigenvalue weighted by Crippen LogP contribution is -2.42. The zero-order valence-corrected chi connectivity index (χ0v) is 14.4. The highest BCUT2D eigenvalue weighted by Gasteiger charge is 2.28. The number of aromatic nitrogens is 3. The van der Waals surface area contributed by atoms with Gasteiger partial charge in [0.15, 0.2) is 0 Å². The number of aryl methyl sites for hydroxylation is 1. The van der Waals surface area contributed by atoms with Gasteiger partial charge < -0.3 is 19.5 Å². The van der Waals surface area contributed by atoms with Crippen molar-refractivity contribution in [2.45, 2.75) is 45.4 Å². The van der Waals surface area contributed by atoms with Crippen molar-refractivity contribution < 1.29 is 9.53 Å². The number of carbonyl (C=O) groups is 1. The molecule has 1 atom stereocenters. The molecule has 1 N–H and O–H groups in total. The van der Waals surface area contributed by atoms with E-state index in [4.69, 9.17) is 4.74 Å². The summed E-state index contributed by atoms with van der Waals surface area (Å²) in [5.41, 5.74) is 3.19. The molecule has 0 spiro atoms. The van der Waals surface area contributed by atoms with Crippen molar-refractivity contribution >= 4 is 11.7 Å². The first-order valence-corrected chi connectivity index (χ1v) is 8.87. The van der Waals surface area contributed by atoms with Gasteiger partial charge in [-0.15, -0.1) is 10.2 Å². The van der Waals surface area contributed by atoms with Crippen molar-refractivity contribution in [1.29, 1.82) is 0 Å². The summed E-state index contributed by atoms with van der Waals surface area (Å²) >= 11 is 0. The minimum absolute atomic E-state index is 0.0499. The third-order valence-corrected chi connectivity index (χ3v) is 5.03. The van der Waals surface area contributed by atoms with E-state index in [2.05, 4.69) is 27.0 Å². The van der Waals surface area contributed by atoms with E-state index in [-0.39, 0.29) is 11.9 Å². The number of urea groups is 1. The van der Waals surface area contributed by atoms with Crippen LogP contribution in [-0.4, -0.2) is 38.8 Å². The van der Waals surface area contributed by atoms with Crippen molar-refractivity contribution in [3.8, 4) is 0 Å². The predicted octanol–water partition coefficient (Wildman–Crippen LogP) is 2.74. The number of rotatable bonds is 3. The Morgan fingerprint density at radius 2 is 2.24 bits per heavy atom. The van der Waals surface area contributed by atoms with Gasteiger partial charge in [0.1, 0.15) is 12.2 Å². The Balaban J connectivity index is 1.43. The Kier molecular flexibility index (Phi) is 4.40. The van der Waals surface area contributed by atoms with Gasteiger partial charge >= 0.3 is 6.03 Å². The molecule has 7 heteroatoms. The lowest BCUT2D eigenvalue weighted by Gasteiger charge is -2.32. The average Bonchev–Trinajstić information content (AvgIpc) is 3.30. The standard InChI is InChI=1S/C18H23N5O2/c1-2-22-12-19-21-17(22)13-4-3-7-23(9-13)18(24)20-16-6-5-14-10-25-11-15(14)8-16/h5-6,8,12-13H,2-4,7,9-11H2,1H3,(H,20,24)/t13-/m1/s1. The Labute approximate surface area is 147 Å². The molecule has 0 aliphatic carbocycles. The Morgan fingerprint density at radius 1 is 1.36 bits per heavy atom. The summed E-state index contributed by atoms with van der Waals surface area (Å²) in [5, 5.41) is 11.3. The monoisotopic (exact) mass is 341 g/mol. The molecule has 2 aliphatic heterocycles. The minimum atomic E-state index is -0.0499. The van der Waals surface area contributed by atoms with Crippen LogP contribution in [0.25, 0.3) is 0 Å². The number of anilines is 1. The first-order chi connectivity index (χ1) is 12.2. The molecule has 2 aliphatic rings. The molecule has 132 valence electrons. The second-order valence-electron chi connectivity index (χ2n) is 6.67. The van der Waals surface area contributed by atoms with Crippen LogP contribution in [0.4, 0.5) is 10.5 Å². The highest BCUT2D eigenvalue weighted by Crippen LogP contribution is 2.27. The van der Waals surface area contributed by atoms with E-state index in [1.807, 2.05) is 23.1 Å². The molecule has 4 rings (SSSR count). The van der Waals surface area contributed by atoms with Gasteiger partial charge in [-0.05, 0) is 43.0 Å². The molecule has 2 amide bonds. The molecule has 1 saturated heterocycles. The topological polar surface area (TPSA) is 72.3 Å². The SMILES string of the molecule is CCn1cnnc1[C@@H]1CCCN(C(=O)Nc2ccc3c(c2)COC3)C1. The maximum absolute atomic E-state index is 12.7. The number of nitrogens with one attached hydrogen (secondary N) is 1. The van der Waals surface area contributed by atoms with Crippen LogP contribution in [0.1, 0.15) is 42.6 Å². The summed E-state index contributed by atoms with van der Waals surface area (Å²) < 4.78 is 7.49. The molecule has 0 saturated carbocycles. The molecular weight excluding hydrogens is 318 g/mol. The fourth-order valence-electron chi connectivity index (χ4n) is 3.65. The summed E-state index contributed by atoms with van der Waals surface area (Å²) in [5.74, 6) is 1.23. The fraction of sp³-hybridized carbons (Fsp3) is 0.500. The Morgan fingerprint density at radius 3 is 3.12 bits per heavy atom. The lowest BCUT2D eigenvalue weighted by atomic mass is 9.97. The van der Waals surface area contributed by atoms with Gasteiger partial charge in [0.2, 0.25) is 0 Å². The van der Waals surface area contributed by atoms with Gasteiger partial charge in [-0.3, -0.25) is 0 Å². The zero-order chi connectivity index (χ0) is 17.2. The summed E-state index contributed by atoms with van der Waals surface area (Å²) in [6.45, 7) is 5.67. The van der Waals surface area contributed by atoms with Crippen LogP contribution in [0, 0.1) is 0 Å². The van der Waals surface area contributed by atoms with E-state index in [9.17, 15) is 4.79 Å². The first kappa shape index (κ1) is 16.1. The van der Waals surface area contributed by atoms with Gasteiger partial charge in [0, 0.05) is 31.2 Å². The number of carbonyl (C=O) groups excluding carboxylic acids is 1. The average molecular weight is 341 g/mol. The van der Waals surface area contributed by atoms with E-state index >= 15 is 0 Å². The number of piperidine rings is 1. The number of fused-ring (bicyclic) bond motifs is 1. The highest BCUT2D eigenvalue weighted by atomic mass is 16.5. The number of amides is 2. The minimum Gasteiger partial charge on any atom is -0.372 e. The molecule has 0 unspecified atom stereocenters.